The van der Waals surface area contributed by atoms with E-state index in [1.54, 1.807) is 23.1 Å². The number of urea groups is 1. The normalized spacial score (nSPS) is 17.8. The number of hydrogen-bond donors (Lipinski definition) is 1. The predicted molar refractivity (Wildman–Crippen MR) is 85.4 cm³/mol. The lowest BCUT2D eigenvalue weighted by Crippen LogP contribution is -2.34. The van der Waals surface area contributed by atoms with Crippen molar-refractivity contribution in [3.05, 3.63) is 45.8 Å². The number of anilines is 1. The van der Waals surface area contributed by atoms with Gasteiger partial charge in [-0.25, -0.2) is 4.79 Å². The van der Waals surface area contributed by atoms with Gasteiger partial charge in [0.1, 0.15) is 11.5 Å². The zero-order valence-electron chi connectivity index (χ0n) is 12.0. The fraction of sp³-hybridized carbons (Fsp3) is 0.333. The summed E-state index contributed by atoms with van der Waals surface area (Å²) < 4.78 is 5.11. The molecule has 3 rings (SSSR count). The second-order valence-corrected chi connectivity index (χ2v) is 6.11. The molecule has 1 aliphatic rings. The molecule has 2 heterocycles. The number of carbonyl (C=O) groups is 1. The van der Waals surface area contributed by atoms with Crippen LogP contribution in [0.25, 0.3) is 0 Å². The van der Waals surface area contributed by atoms with Crippen LogP contribution in [0.1, 0.15) is 30.3 Å². The highest BCUT2D eigenvalue weighted by atomic mass is 35.5. The molecule has 1 aliphatic heterocycles. The van der Waals surface area contributed by atoms with E-state index in [2.05, 4.69) is 10.5 Å². The van der Waals surface area contributed by atoms with Crippen LogP contribution < -0.4 is 5.32 Å². The minimum atomic E-state index is -0.202. The Morgan fingerprint density at radius 3 is 2.91 bits per heavy atom. The van der Waals surface area contributed by atoms with Gasteiger partial charge in [-0.3, -0.25) is 0 Å². The minimum Gasteiger partial charge on any atom is -0.361 e. The van der Waals surface area contributed by atoms with Gasteiger partial charge in [-0.15, -0.1) is 0 Å². The molecule has 1 N–H and O–H groups in total. The van der Waals surface area contributed by atoms with Crippen molar-refractivity contribution in [2.24, 2.45) is 0 Å². The van der Waals surface area contributed by atoms with Crippen molar-refractivity contribution in [3.8, 4) is 0 Å². The smallest absolute Gasteiger partial charge is 0.322 e. The quantitative estimate of drug-likeness (QED) is 0.865. The van der Waals surface area contributed by atoms with E-state index in [4.69, 9.17) is 27.7 Å². The van der Waals surface area contributed by atoms with Gasteiger partial charge in [-0.1, -0.05) is 28.4 Å². The van der Waals surface area contributed by atoms with Gasteiger partial charge in [-0.05, 0) is 38.0 Å². The van der Waals surface area contributed by atoms with Crippen molar-refractivity contribution in [2.75, 3.05) is 11.9 Å². The highest BCUT2D eigenvalue weighted by Crippen LogP contribution is 2.33. The number of halogens is 2. The van der Waals surface area contributed by atoms with Crippen molar-refractivity contribution in [3.63, 3.8) is 0 Å². The summed E-state index contributed by atoms with van der Waals surface area (Å²) in [5.41, 5.74) is 1.32. The van der Waals surface area contributed by atoms with Crippen molar-refractivity contribution < 1.29 is 9.32 Å². The zero-order chi connectivity index (χ0) is 15.7. The maximum absolute atomic E-state index is 12.5. The Morgan fingerprint density at radius 2 is 2.23 bits per heavy atom. The SMILES string of the molecule is Cc1cc(C2CCCN2C(=O)Nc2ccc(Cl)cc2Cl)no1. The largest absolute Gasteiger partial charge is 0.361 e. The Labute approximate surface area is 138 Å². The predicted octanol–water partition coefficient (Wildman–Crippen LogP) is 4.66. The van der Waals surface area contributed by atoms with Crippen LogP contribution in [0.4, 0.5) is 10.5 Å². The maximum Gasteiger partial charge on any atom is 0.322 e. The van der Waals surface area contributed by atoms with Crippen LogP contribution in [0.2, 0.25) is 10.0 Å². The molecule has 7 heteroatoms. The van der Waals surface area contributed by atoms with Gasteiger partial charge >= 0.3 is 6.03 Å². The fourth-order valence-corrected chi connectivity index (χ4v) is 3.09. The molecular weight excluding hydrogens is 325 g/mol. The van der Waals surface area contributed by atoms with E-state index in [1.807, 2.05) is 13.0 Å². The highest BCUT2D eigenvalue weighted by Gasteiger charge is 2.32. The van der Waals surface area contributed by atoms with E-state index in [1.165, 1.54) is 0 Å². The molecule has 1 atom stereocenters. The Morgan fingerprint density at radius 1 is 1.41 bits per heavy atom. The summed E-state index contributed by atoms with van der Waals surface area (Å²) in [6.07, 6.45) is 1.80. The number of amides is 2. The Bertz CT molecular complexity index is 702. The number of benzene rings is 1. The van der Waals surface area contributed by atoms with Gasteiger partial charge in [0.05, 0.1) is 16.8 Å². The molecule has 0 saturated carbocycles. The van der Waals surface area contributed by atoms with Crippen LogP contribution in [0, 0.1) is 6.92 Å². The molecule has 0 aliphatic carbocycles. The van der Waals surface area contributed by atoms with E-state index in [9.17, 15) is 4.79 Å². The third-order valence-corrected chi connectivity index (χ3v) is 4.22. The first-order chi connectivity index (χ1) is 10.5. The summed E-state index contributed by atoms with van der Waals surface area (Å²) in [6.45, 7) is 2.51. The molecule has 2 amide bonds. The van der Waals surface area contributed by atoms with Gasteiger partial charge in [0.15, 0.2) is 0 Å². The molecule has 2 aromatic rings. The van der Waals surface area contributed by atoms with Crippen LogP contribution in [0.15, 0.2) is 28.8 Å². The zero-order valence-corrected chi connectivity index (χ0v) is 13.5. The van der Waals surface area contributed by atoms with Crippen molar-refractivity contribution in [1.29, 1.82) is 0 Å². The summed E-state index contributed by atoms with van der Waals surface area (Å²) in [5, 5.41) is 7.79. The second kappa shape index (κ2) is 6.18. The van der Waals surface area contributed by atoms with Crippen LogP contribution in [-0.4, -0.2) is 22.6 Å². The molecule has 0 spiro atoms. The van der Waals surface area contributed by atoms with E-state index in [0.717, 1.165) is 24.3 Å². The molecule has 1 aromatic carbocycles. The number of aryl methyl sites for hydroxylation is 1. The molecule has 1 unspecified atom stereocenters. The highest BCUT2D eigenvalue weighted by molar-refractivity contribution is 6.36. The summed E-state index contributed by atoms with van der Waals surface area (Å²) in [4.78, 5) is 14.3. The molecule has 1 fully saturated rings. The third-order valence-electron chi connectivity index (χ3n) is 3.67. The lowest BCUT2D eigenvalue weighted by molar-refractivity contribution is 0.204. The maximum atomic E-state index is 12.5. The van der Waals surface area contributed by atoms with Crippen molar-refractivity contribution in [1.82, 2.24) is 10.1 Å². The van der Waals surface area contributed by atoms with Gasteiger partial charge in [0.2, 0.25) is 0 Å². The van der Waals surface area contributed by atoms with Gasteiger partial charge < -0.3 is 14.7 Å². The molecule has 22 heavy (non-hydrogen) atoms. The molecule has 5 nitrogen and oxygen atoms in total. The van der Waals surface area contributed by atoms with Crippen LogP contribution in [-0.2, 0) is 0 Å². The van der Waals surface area contributed by atoms with E-state index in [-0.39, 0.29) is 12.1 Å². The molecule has 1 saturated heterocycles. The van der Waals surface area contributed by atoms with Crippen molar-refractivity contribution in [2.45, 2.75) is 25.8 Å². The Balaban J connectivity index is 1.76. The molecule has 0 bridgehead atoms. The van der Waals surface area contributed by atoms with Crippen LogP contribution in [0.3, 0.4) is 0 Å². The first kappa shape index (κ1) is 15.2. The molecule has 116 valence electrons. The Hall–Kier alpha value is -1.72. The summed E-state index contributed by atoms with van der Waals surface area (Å²) in [5.74, 6) is 0.739. The molecule has 1 aromatic heterocycles. The number of hydrogen-bond acceptors (Lipinski definition) is 3. The topological polar surface area (TPSA) is 58.4 Å². The summed E-state index contributed by atoms with van der Waals surface area (Å²) >= 11 is 12.0. The number of nitrogens with one attached hydrogen (secondary N) is 1. The van der Waals surface area contributed by atoms with E-state index < -0.39 is 0 Å². The van der Waals surface area contributed by atoms with Gasteiger partial charge in [0.25, 0.3) is 0 Å². The Kier molecular flexibility index (Phi) is 4.27. The second-order valence-electron chi connectivity index (χ2n) is 5.27. The average Bonchev–Trinajstić information content (AvgIpc) is 3.10. The van der Waals surface area contributed by atoms with E-state index >= 15 is 0 Å². The summed E-state index contributed by atoms with van der Waals surface area (Å²) in [7, 11) is 0. The average molecular weight is 340 g/mol. The monoisotopic (exact) mass is 339 g/mol. The molecule has 0 radical (unpaired) electrons. The number of rotatable bonds is 2. The number of likely N-dealkylation sites (tertiary alicyclic amines) is 1. The number of aromatic nitrogens is 1. The number of nitrogens with zero attached hydrogens (tertiary/aromatic N) is 2. The van der Waals surface area contributed by atoms with Gasteiger partial charge in [-0.2, -0.15) is 0 Å². The van der Waals surface area contributed by atoms with E-state index in [0.29, 0.717) is 22.3 Å². The lowest BCUT2D eigenvalue weighted by Gasteiger charge is -2.23. The first-order valence-electron chi connectivity index (χ1n) is 7.00. The van der Waals surface area contributed by atoms with Crippen LogP contribution >= 0.6 is 23.2 Å². The molecular formula is C15H15Cl2N3O2. The van der Waals surface area contributed by atoms with Crippen LogP contribution in [0.5, 0.6) is 0 Å². The first-order valence-corrected chi connectivity index (χ1v) is 7.76. The summed E-state index contributed by atoms with van der Waals surface area (Å²) in [6, 6.07) is 6.57. The van der Waals surface area contributed by atoms with Crippen molar-refractivity contribution >= 4 is 34.9 Å². The standard InChI is InChI=1S/C15H15Cl2N3O2/c1-9-7-13(19-22-9)14-3-2-6-20(14)15(21)18-12-5-4-10(16)8-11(12)17/h4-5,7-8,14H,2-3,6H2,1H3,(H,18,21). The number of carbonyl (C=O) groups excluding carboxylic acids is 1. The lowest BCUT2D eigenvalue weighted by atomic mass is 10.1. The minimum absolute atomic E-state index is 0.0662. The fourth-order valence-electron chi connectivity index (χ4n) is 2.64. The van der Waals surface area contributed by atoms with Gasteiger partial charge in [0, 0.05) is 17.6 Å². The third kappa shape index (κ3) is 3.05.